The van der Waals surface area contributed by atoms with Crippen molar-refractivity contribution in [3.05, 3.63) is 54.4 Å². The highest BCUT2D eigenvalue weighted by molar-refractivity contribution is 6.00. The number of rotatable bonds is 5. The first kappa shape index (κ1) is 18.0. The average molecular weight is 378 g/mol. The van der Waals surface area contributed by atoms with Gasteiger partial charge < -0.3 is 19.9 Å². The third-order valence-electron chi connectivity index (χ3n) is 4.83. The third kappa shape index (κ3) is 3.43. The molecule has 0 radical (unpaired) electrons. The van der Waals surface area contributed by atoms with Crippen molar-refractivity contribution in [1.82, 2.24) is 15.3 Å². The molecule has 0 fully saturated rings. The molecule has 7 heteroatoms. The summed E-state index contributed by atoms with van der Waals surface area (Å²) in [6.07, 6.45) is -0.371. The second-order valence-corrected chi connectivity index (χ2v) is 6.90. The molecule has 3 aromatic rings. The van der Waals surface area contributed by atoms with Crippen LogP contribution >= 0.6 is 0 Å². The number of hydrogen-bond donors (Lipinski definition) is 2. The molecule has 2 heterocycles. The van der Waals surface area contributed by atoms with Crippen molar-refractivity contribution in [2.24, 2.45) is 0 Å². The van der Waals surface area contributed by atoms with Crippen LogP contribution in [-0.4, -0.2) is 34.4 Å². The maximum Gasteiger partial charge on any atom is 0.267 e. The zero-order valence-electron chi connectivity index (χ0n) is 15.8. The van der Waals surface area contributed by atoms with Gasteiger partial charge in [0.15, 0.2) is 6.10 Å². The van der Waals surface area contributed by atoms with Gasteiger partial charge in [-0.15, -0.1) is 0 Å². The average Bonchev–Trinajstić information content (AvgIpc) is 3.13. The SMILES string of the molecule is C[C@@H]1Oc2ccccc2N(CCC(=O)N[C@H](C)c2nc3ccccc3[nH]2)C1=O. The van der Waals surface area contributed by atoms with Gasteiger partial charge in [0.1, 0.15) is 11.6 Å². The predicted octanol–water partition coefficient (Wildman–Crippen LogP) is 2.94. The number of ether oxygens (including phenoxy) is 1. The lowest BCUT2D eigenvalue weighted by atomic mass is 10.1. The van der Waals surface area contributed by atoms with Gasteiger partial charge >= 0.3 is 0 Å². The molecule has 2 amide bonds. The van der Waals surface area contributed by atoms with Crippen LogP contribution in [0.15, 0.2) is 48.5 Å². The van der Waals surface area contributed by atoms with Gasteiger partial charge in [0.2, 0.25) is 5.91 Å². The molecule has 28 heavy (non-hydrogen) atoms. The molecule has 144 valence electrons. The number of aromatic nitrogens is 2. The van der Waals surface area contributed by atoms with E-state index in [0.717, 1.165) is 11.0 Å². The molecule has 1 aliphatic heterocycles. The van der Waals surface area contributed by atoms with Crippen LogP contribution in [0.4, 0.5) is 5.69 Å². The Morgan fingerprint density at radius 3 is 2.82 bits per heavy atom. The van der Waals surface area contributed by atoms with E-state index in [1.165, 1.54) is 0 Å². The molecule has 0 bridgehead atoms. The van der Waals surface area contributed by atoms with Crippen LogP contribution in [0.1, 0.15) is 32.1 Å². The molecular weight excluding hydrogens is 356 g/mol. The number of carbonyl (C=O) groups is 2. The van der Waals surface area contributed by atoms with Crippen molar-refractivity contribution in [3.8, 4) is 5.75 Å². The summed E-state index contributed by atoms with van der Waals surface area (Å²) in [5, 5.41) is 2.94. The minimum Gasteiger partial charge on any atom is -0.479 e. The molecule has 0 aliphatic carbocycles. The van der Waals surface area contributed by atoms with Crippen LogP contribution in [0, 0.1) is 0 Å². The lowest BCUT2D eigenvalue weighted by molar-refractivity contribution is -0.125. The Kier molecular flexibility index (Phi) is 4.73. The summed E-state index contributed by atoms with van der Waals surface area (Å²) in [5.41, 5.74) is 2.50. The summed E-state index contributed by atoms with van der Waals surface area (Å²) in [5.74, 6) is 1.08. The van der Waals surface area contributed by atoms with Crippen LogP contribution in [-0.2, 0) is 9.59 Å². The van der Waals surface area contributed by atoms with Gasteiger partial charge in [-0.3, -0.25) is 9.59 Å². The fraction of sp³-hybridized carbons (Fsp3) is 0.286. The van der Waals surface area contributed by atoms with Gasteiger partial charge in [-0.2, -0.15) is 0 Å². The summed E-state index contributed by atoms with van der Waals surface area (Å²) >= 11 is 0. The Morgan fingerprint density at radius 2 is 2.00 bits per heavy atom. The number of benzene rings is 2. The molecular formula is C21H22N4O3. The van der Waals surface area contributed by atoms with Crippen molar-refractivity contribution in [2.45, 2.75) is 32.4 Å². The third-order valence-corrected chi connectivity index (χ3v) is 4.83. The molecule has 0 spiro atoms. The first-order valence-electron chi connectivity index (χ1n) is 9.34. The maximum atomic E-state index is 12.5. The van der Waals surface area contributed by atoms with Crippen LogP contribution in [0.3, 0.4) is 0 Å². The number of hydrogen-bond acceptors (Lipinski definition) is 4. The van der Waals surface area contributed by atoms with Crippen LogP contribution in [0.5, 0.6) is 5.75 Å². The number of carbonyl (C=O) groups excluding carboxylic acids is 2. The van der Waals surface area contributed by atoms with E-state index in [-0.39, 0.29) is 24.3 Å². The minimum atomic E-state index is -0.563. The first-order chi connectivity index (χ1) is 13.5. The molecule has 2 atom stereocenters. The summed E-state index contributed by atoms with van der Waals surface area (Å²) in [7, 11) is 0. The fourth-order valence-corrected chi connectivity index (χ4v) is 3.36. The second kappa shape index (κ2) is 7.34. The highest BCUT2D eigenvalue weighted by Gasteiger charge is 2.31. The molecule has 1 aliphatic rings. The van der Waals surface area contributed by atoms with Crippen molar-refractivity contribution in [3.63, 3.8) is 0 Å². The second-order valence-electron chi connectivity index (χ2n) is 6.90. The standard InChI is InChI=1S/C21H22N4O3/c1-13(20-23-15-7-3-4-8-16(15)24-20)22-19(26)11-12-25-17-9-5-6-10-18(17)28-14(2)21(25)27/h3-10,13-14H,11-12H2,1-2H3,(H,22,26)(H,23,24)/t13-,14+/m1/s1. The van der Waals surface area contributed by atoms with Crippen molar-refractivity contribution in [1.29, 1.82) is 0 Å². The van der Waals surface area contributed by atoms with Gasteiger partial charge in [-0.05, 0) is 38.1 Å². The molecule has 0 saturated carbocycles. The zero-order valence-corrected chi connectivity index (χ0v) is 15.8. The monoisotopic (exact) mass is 378 g/mol. The number of anilines is 1. The van der Waals surface area contributed by atoms with Crippen molar-refractivity contribution >= 4 is 28.5 Å². The van der Waals surface area contributed by atoms with Crippen molar-refractivity contribution in [2.75, 3.05) is 11.4 Å². The van der Waals surface area contributed by atoms with Gasteiger partial charge in [0, 0.05) is 13.0 Å². The van der Waals surface area contributed by atoms with E-state index in [9.17, 15) is 9.59 Å². The van der Waals surface area contributed by atoms with E-state index in [4.69, 9.17) is 4.74 Å². The van der Waals surface area contributed by atoms with Gasteiger partial charge in [0.05, 0.1) is 22.8 Å². The molecule has 0 unspecified atom stereocenters. The molecule has 0 saturated heterocycles. The minimum absolute atomic E-state index is 0.141. The number of aromatic amines is 1. The van der Waals surface area contributed by atoms with E-state index >= 15 is 0 Å². The highest BCUT2D eigenvalue weighted by atomic mass is 16.5. The topological polar surface area (TPSA) is 87.3 Å². The van der Waals surface area contributed by atoms with E-state index in [0.29, 0.717) is 23.8 Å². The Bertz CT molecular complexity index is 996. The summed E-state index contributed by atoms with van der Waals surface area (Å²) < 4.78 is 5.63. The van der Waals surface area contributed by atoms with Crippen molar-refractivity contribution < 1.29 is 14.3 Å². The summed E-state index contributed by atoms with van der Waals surface area (Å²) in [6, 6.07) is 14.8. The van der Waals surface area contributed by atoms with Crippen LogP contribution < -0.4 is 15.0 Å². The number of imidazole rings is 1. The molecule has 4 rings (SSSR count). The van der Waals surface area contributed by atoms with Gasteiger partial charge in [0.25, 0.3) is 5.91 Å². The summed E-state index contributed by atoms with van der Waals surface area (Å²) in [6.45, 7) is 3.89. The van der Waals surface area contributed by atoms with Crippen LogP contribution in [0.2, 0.25) is 0 Å². The predicted molar refractivity (Wildman–Crippen MR) is 106 cm³/mol. The zero-order chi connectivity index (χ0) is 19.7. The summed E-state index contributed by atoms with van der Waals surface area (Å²) in [4.78, 5) is 34.3. The highest BCUT2D eigenvalue weighted by Crippen LogP contribution is 2.33. The Morgan fingerprint density at radius 1 is 1.25 bits per heavy atom. The molecule has 1 aromatic heterocycles. The quantitative estimate of drug-likeness (QED) is 0.715. The maximum absolute atomic E-state index is 12.5. The van der Waals surface area contributed by atoms with E-state index in [1.807, 2.05) is 55.5 Å². The lowest BCUT2D eigenvalue weighted by Gasteiger charge is -2.32. The largest absolute Gasteiger partial charge is 0.479 e. The smallest absolute Gasteiger partial charge is 0.267 e. The number of nitrogens with zero attached hydrogens (tertiary/aromatic N) is 2. The normalized spacial score (nSPS) is 17.1. The van der Waals surface area contributed by atoms with E-state index < -0.39 is 6.10 Å². The number of amides is 2. The molecule has 7 nitrogen and oxygen atoms in total. The fourth-order valence-electron chi connectivity index (χ4n) is 3.36. The van der Waals surface area contributed by atoms with Crippen LogP contribution in [0.25, 0.3) is 11.0 Å². The number of H-pyrrole nitrogens is 1. The molecule has 2 N–H and O–H groups in total. The number of fused-ring (bicyclic) bond motifs is 2. The first-order valence-corrected chi connectivity index (χ1v) is 9.34. The van der Waals surface area contributed by atoms with E-state index in [1.54, 1.807) is 11.8 Å². The molecule has 2 aromatic carbocycles. The van der Waals surface area contributed by atoms with Gasteiger partial charge in [-0.1, -0.05) is 24.3 Å². The Labute approximate surface area is 162 Å². The number of nitrogens with one attached hydrogen (secondary N) is 2. The Hall–Kier alpha value is -3.35. The number of para-hydroxylation sites is 4. The lowest BCUT2D eigenvalue weighted by Crippen LogP contribution is -2.45. The van der Waals surface area contributed by atoms with Gasteiger partial charge in [-0.25, -0.2) is 4.98 Å². The Balaban J connectivity index is 1.41. The van der Waals surface area contributed by atoms with E-state index in [2.05, 4.69) is 15.3 Å².